The SMILES string of the molecule is CCC1OC1CCCOC(=O)CCC(C)COC(=O)C1CCC(O)CC1. The van der Waals surface area contributed by atoms with Gasteiger partial charge in [-0.1, -0.05) is 13.8 Å². The van der Waals surface area contributed by atoms with Gasteiger partial charge in [0.2, 0.25) is 0 Å². The maximum absolute atomic E-state index is 12.0. The van der Waals surface area contributed by atoms with Crippen molar-refractivity contribution in [3.8, 4) is 0 Å². The fourth-order valence-electron chi connectivity index (χ4n) is 3.44. The van der Waals surface area contributed by atoms with Gasteiger partial charge in [-0.25, -0.2) is 0 Å². The summed E-state index contributed by atoms with van der Waals surface area (Å²) in [6.45, 7) is 4.87. The molecule has 0 amide bonds. The van der Waals surface area contributed by atoms with Gasteiger partial charge in [0.05, 0.1) is 37.4 Å². The first-order valence-corrected chi connectivity index (χ1v) is 10.1. The van der Waals surface area contributed by atoms with Crippen LogP contribution >= 0.6 is 0 Å². The normalized spacial score (nSPS) is 29.0. The van der Waals surface area contributed by atoms with Crippen molar-refractivity contribution in [1.29, 1.82) is 0 Å². The van der Waals surface area contributed by atoms with E-state index in [-0.39, 0.29) is 29.9 Å². The molecule has 1 heterocycles. The molecule has 0 radical (unpaired) electrons. The largest absolute Gasteiger partial charge is 0.466 e. The van der Waals surface area contributed by atoms with E-state index >= 15 is 0 Å². The smallest absolute Gasteiger partial charge is 0.308 e. The predicted molar refractivity (Wildman–Crippen MR) is 96.5 cm³/mol. The second-order valence-electron chi connectivity index (χ2n) is 7.76. The minimum atomic E-state index is -0.270. The van der Waals surface area contributed by atoms with Crippen molar-refractivity contribution >= 4 is 11.9 Å². The van der Waals surface area contributed by atoms with Crippen LogP contribution in [0.1, 0.15) is 71.6 Å². The first kappa shape index (κ1) is 21.2. The number of hydrogen-bond acceptors (Lipinski definition) is 6. The number of esters is 2. The minimum Gasteiger partial charge on any atom is -0.466 e. The molecule has 3 atom stereocenters. The van der Waals surface area contributed by atoms with Crippen LogP contribution in [-0.2, 0) is 23.8 Å². The highest BCUT2D eigenvalue weighted by Gasteiger charge is 2.35. The summed E-state index contributed by atoms with van der Waals surface area (Å²) in [7, 11) is 0. The third kappa shape index (κ3) is 7.62. The summed E-state index contributed by atoms with van der Waals surface area (Å²) in [4.78, 5) is 23.8. The summed E-state index contributed by atoms with van der Waals surface area (Å²) in [6, 6.07) is 0. The summed E-state index contributed by atoms with van der Waals surface area (Å²) in [6.07, 6.45) is 7.10. The highest BCUT2D eigenvalue weighted by Crippen LogP contribution is 2.29. The molecule has 2 aliphatic rings. The Kier molecular flexibility index (Phi) is 8.85. The summed E-state index contributed by atoms with van der Waals surface area (Å²) < 4.78 is 16.1. The lowest BCUT2D eigenvalue weighted by Crippen LogP contribution is -2.27. The molecular formula is C20H34O6. The lowest BCUT2D eigenvalue weighted by Gasteiger charge is -2.24. The van der Waals surface area contributed by atoms with Gasteiger partial charge >= 0.3 is 11.9 Å². The number of carbonyl (C=O) groups is 2. The number of rotatable bonds is 11. The van der Waals surface area contributed by atoms with Crippen molar-refractivity contribution in [2.45, 2.75) is 89.9 Å². The zero-order chi connectivity index (χ0) is 18.9. The first-order chi connectivity index (χ1) is 12.5. The van der Waals surface area contributed by atoms with Crippen molar-refractivity contribution < 1.29 is 28.9 Å². The van der Waals surface area contributed by atoms with Crippen LogP contribution in [0.4, 0.5) is 0 Å². The quantitative estimate of drug-likeness (QED) is 0.342. The Labute approximate surface area is 156 Å². The zero-order valence-electron chi connectivity index (χ0n) is 16.2. The molecule has 0 aromatic rings. The fraction of sp³-hybridized carbons (Fsp3) is 0.900. The minimum absolute atomic E-state index is 0.0849. The Morgan fingerprint density at radius 1 is 1.15 bits per heavy atom. The second kappa shape index (κ2) is 10.9. The second-order valence-corrected chi connectivity index (χ2v) is 7.76. The van der Waals surface area contributed by atoms with Gasteiger partial charge in [0.15, 0.2) is 0 Å². The molecule has 1 N–H and O–H groups in total. The Bertz CT molecular complexity index is 444. The van der Waals surface area contributed by atoms with E-state index in [1.165, 1.54) is 0 Å². The van der Waals surface area contributed by atoms with Gasteiger partial charge in [0.1, 0.15) is 0 Å². The van der Waals surface area contributed by atoms with E-state index < -0.39 is 0 Å². The molecule has 6 heteroatoms. The van der Waals surface area contributed by atoms with Crippen molar-refractivity contribution in [3.63, 3.8) is 0 Å². The fourth-order valence-corrected chi connectivity index (χ4v) is 3.44. The standard InChI is InChI=1S/C20H34O6/c1-3-17-18(26-17)5-4-12-24-19(22)11-6-14(2)13-25-20(23)15-7-9-16(21)10-8-15/h14-18,21H,3-13H2,1-2H3. The Morgan fingerprint density at radius 2 is 1.88 bits per heavy atom. The average Bonchev–Trinajstić information content (AvgIpc) is 3.40. The van der Waals surface area contributed by atoms with Crippen molar-refractivity contribution in [2.24, 2.45) is 11.8 Å². The molecule has 1 aliphatic carbocycles. The molecule has 0 aromatic heterocycles. The first-order valence-electron chi connectivity index (χ1n) is 10.1. The molecule has 2 fully saturated rings. The maximum atomic E-state index is 12.0. The van der Waals surface area contributed by atoms with Gasteiger partial charge in [-0.2, -0.15) is 0 Å². The van der Waals surface area contributed by atoms with Crippen molar-refractivity contribution in [3.05, 3.63) is 0 Å². The molecule has 1 saturated carbocycles. The molecule has 3 unspecified atom stereocenters. The number of epoxide rings is 1. The molecule has 1 saturated heterocycles. The number of carbonyl (C=O) groups excluding carboxylic acids is 2. The predicted octanol–water partition coefficient (Wildman–Crippen LogP) is 3.00. The lowest BCUT2D eigenvalue weighted by molar-refractivity contribution is -0.151. The zero-order valence-corrected chi connectivity index (χ0v) is 16.2. The van der Waals surface area contributed by atoms with Crippen LogP contribution in [0.2, 0.25) is 0 Å². The van der Waals surface area contributed by atoms with E-state index in [0.717, 1.165) is 19.3 Å². The van der Waals surface area contributed by atoms with Gasteiger partial charge in [0.25, 0.3) is 0 Å². The average molecular weight is 370 g/mol. The molecule has 0 bridgehead atoms. The molecule has 26 heavy (non-hydrogen) atoms. The summed E-state index contributed by atoms with van der Waals surface area (Å²) in [5.41, 5.74) is 0. The highest BCUT2D eigenvalue weighted by atomic mass is 16.6. The van der Waals surface area contributed by atoms with Crippen LogP contribution in [0.5, 0.6) is 0 Å². The van der Waals surface area contributed by atoms with E-state index in [0.29, 0.717) is 63.9 Å². The Hall–Kier alpha value is -1.14. The third-order valence-electron chi connectivity index (χ3n) is 5.37. The highest BCUT2D eigenvalue weighted by molar-refractivity contribution is 5.72. The van der Waals surface area contributed by atoms with Gasteiger partial charge in [-0.3, -0.25) is 9.59 Å². The molecule has 1 aliphatic heterocycles. The van der Waals surface area contributed by atoms with Crippen LogP contribution in [-0.4, -0.2) is 48.6 Å². The van der Waals surface area contributed by atoms with Crippen LogP contribution in [0.25, 0.3) is 0 Å². The monoisotopic (exact) mass is 370 g/mol. The number of hydrogen-bond donors (Lipinski definition) is 1. The van der Waals surface area contributed by atoms with Crippen LogP contribution < -0.4 is 0 Å². The van der Waals surface area contributed by atoms with Crippen molar-refractivity contribution in [2.75, 3.05) is 13.2 Å². The van der Waals surface area contributed by atoms with E-state index in [1.54, 1.807) is 0 Å². The van der Waals surface area contributed by atoms with Gasteiger partial charge in [-0.15, -0.1) is 0 Å². The van der Waals surface area contributed by atoms with Gasteiger partial charge < -0.3 is 19.3 Å². The topological polar surface area (TPSA) is 85.4 Å². The summed E-state index contributed by atoms with van der Waals surface area (Å²) in [5, 5.41) is 9.48. The molecular weight excluding hydrogens is 336 g/mol. The Morgan fingerprint density at radius 3 is 2.54 bits per heavy atom. The van der Waals surface area contributed by atoms with E-state index in [1.807, 2.05) is 6.92 Å². The summed E-state index contributed by atoms with van der Waals surface area (Å²) in [5.74, 6) is -0.309. The van der Waals surface area contributed by atoms with E-state index in [9.17, 15) is 14.7 Å². The van der Waals surface area contributed by atoms with Crippen LogP contribution in [0, 0.1) is 11.8 Å². The van der Waals surface area contributed by atoms with Gasteiger partial charge in [-0.05, 0) is 57.3 Å². The van der Waals surface area contributed by atoms with E-state index in [2.05, 4.69) is 6.92 Å². The number of aliphatic hydroxyl groups is 1. The summed E-state index contributed by atoms with van der Waals surface area (Å²) >= 11 is 0. The van der Waals surface area contributed by atoms with Crippen LogP contribution in [0.3, 0.4) is 0 Å². The molecule has 2 rings (SSSR count). The molecule has 6 nitrogen and oxygen atoms in total. The third-order valence-corrected chi connectivity index (χ3v) is 5.37. The maximum Gasteiger partial charge on any atom is 0.308 e. The van der Waals surface area contributed by atoms with Crippen LogP contribution in [0.15, 0.2) is 0 Å². The molecule has 150 valence electrons. The number of ether oxygens (including phenoxy) is 3. The number of aliphatic hydroxyl groups excluding tert-OH is 1. The molecule has 0 spiro atoms. The Balaban J connectivity index is 1.46. The van der Waals surface area contributed by atoms with Crippen molar-refractivity contribution in [1.82, 2.24) is 0 Å². The lowest BCUT2D eigenvalue weighted by atomic mass is 9.87. The molecule has 0 aromatic carbocycles. The van der Waals surface area contributed by atoms with Gasteiger partial charge in [0, 0.05) is 6.42 Å². The van der Waals surface area contributed by atoms with E-state index in [4.69, 9.17) is 14.2 Å².